The van der Waals surface area contributed by atoms with Crippen LogP contribution in [0.1, 0.15) is 44.4 Å². The zero-order valence-corrected chi connectivity index (χ0v) is 21.9. The molecule has 2 aromatic carbocycles. The lowest BCUT2D eigenvalue weighted by Gasteiger charge is -2.38. The second-order valence-electron chi connectivity index (χ2n) is 8.83. The summed E-state index contributed by atoms with van der Waals surface area (Å²) in [4.78, 5) is 37.1. The van der Waals surface area contributed by atoms with Crippen LogP contribution in [0.2, 0.25) is 0 Å². The Balaban J connectivity index is 1.66. The molecule has 0 aliphatic carbocycles. The molecule has 0 spiro atoms. The van der Waals surface area contributed by atoms with E-state index in [1.807, 2.05) is 61.4 Å². The highest BCUT2D eigenvalue weighted by Gasteiger charge is 2.41. The van der Waals surface area contributed by atoms with Crippen molar-refractivity contribution >= 4 is 28.7 Å². The van der Waals surface area contributed by atoms with Crippen LogP contribution in [0.25, 0.3) is 0 Å². The molecule has 1 atom stereocenters. The van der Waals surface area contributed by atoms with Gasteiger partial charge in [0, 0.05) is 32.4 Å². The number of hydrogen-bond acceptors (Lipinski definition) is 5. The number of benzene rings is 2. The van der Waals surface area contributed by atoms with Crippen LogP contribution in [0.4, 0.5) is 4.39 Å². The molecule has 2 aliphatic rings. The van der Waals surface area contributed by atoms with E-state index in [1.165, 1.54) is 23.9 Å². The maximum absolute atomic E-state index is 13.8. The summed E-state index contributed by atoms with van der Waals surface area (Å²) < 4.78 is 13.8. The molecular formula is C28H31FN4O2S. The first-order valence-electron chi connectivity index (χ1n) is 12.1. The fourth-order valence-electron chi connectivity index (χ4n) is 4.52. The Bertz CT molecular complexity index is 1220. The van der Waals surface area contributed by atoms with E-state index in [-0.39, 0.29) is 24.1 Å². The molecule has 36 heavy (non-hydrogen) atoms. The standard InChI is InChI=1S/C28H31FN4O2S/c1-5-32(6-2)27(35)25-19(3)30-28-33(26(25)21-12-14-22(29)15-13-21)23(18-36-28)16-24(34)31(4)17-20-10-8-7-9-11-20/h7-15,18,26H,5-6,16-17H2,1-4H3. The van der Waals surface area contributed by atoms with Crippen molar-refractivity contribution in [2.24, 2.45) is 4.99 Å². The number of halogens is 1. The third-order valence-electron chi connectivity index (χ3n) is 6.49. The predicted molar refractivity (Wildman–Crippen MR) is 142 cm³/mol. The number of aliphatic imine (C=N–C) groups is 1. The van der Waals surface area contributed by atoms with E-state index in [0.29, 0.717) is 36.1 Å². The van der Waals surface area contributed by atoms with Gasteiger partial charge < -0.3 is 14.7 Å². The summed E-state index contributed by atoms with van der Waals surface area (Å²) in [7, 11) is 1.79. The average molecular weight is 507 g/mol. The Morgan fingerprint density at radius 3 is 2.36 bits per heavy atom. The largest absolute Gasteiger partial charge is 0.341 e. The summed E-state index contributed by atoms with van der Waals surface area (Å²) in [5.74, 6) is -0.476. The lowest BCUT2D eigenvalue weighted by Crippen LogP contribution is -2.42. The number of likely N-dealkylation sites (N-methyl/N-ethyl adjacent to an activating group) is 1. The van der Waals surface area contributed by atoms with Crippen LogP contribution >= 0.6 is 11.8 Å². The molecular weight excluding hydrogens is 475 g/mol. The van der Waals surface area contributed by atoms with Crippen LogP contribution in [0, 0.1) is 5.82 Å². The minimum Gasteiger partial charge on any atom is -0.341 e. The highest BCUT2D eigenvalue weighted by Crippen LogP contribution is 2.45. The lowest BCUT2D eigenvalue weighted by atomic mass is 9.92. The minimum absolute atomic E-state index is 0.0345. The molecule has 0 fully saturated rings. The number of thioether (sulfide) groups is 1. The van der Waals surface area contributed by atoms with E-state index < -0.39 is 6.04 Å². The van der Waals surface area contributed by atoms with Gasteiger partial charge in [-0.15, -0.1) is 0 Å². The van der Waals surface area contributed by atoms with Crippen molar-refractivity contribution in [3.05, 3.63) is 93.9 Å². The first-order chi connectivity index (χ1) is 17.3. The third-order valence-corrected chi connectivity index (χ3v) is 7.38. The van der Waals surface area contributed by atoms with Crippen molar-refractivity contribution < 1.29 is 14.0 Å². The minimum atomic E-state index is -0.500. The highest BCUT2D eigenvalue weighted by atomic mass is 32.2. The molecule has 0 radical (unpaired) electrons. The summed E-state index contributed by atoms with van der Waals surface area (Å²) in [5, 5.41) is 2.65. The lowest BCUT2D eigenvalue weighted by molar-refractivity contribution is -0.129. The van der Waals surface area contributed by atoms with Gasteiger partial charge in [-0.2, -0.15) is 0 Å². The Labute approximate surface area is 216 Å². The number of carbonyl (C=O) groups excluding carboxylic acids is 2. The second kappa shape index (κ2) is 11.1. The van der Waals surface area contributed by atoms with Gasteiger partial charge in [0.25, 0.3) is 5.91 Å². The van der Waals surface area contributed by atoms with Gasteiger partial charge in [-0.05, 0) is 49.4 Å². The summed E-state index contributed by atoms with van der Waals surface area (Å²) in [6.07, 6.45) is 0.166. The SMILES string of the molecule is CCN(CC)C(=O)C1=C(C)N=C2SC=C(CC(=O)N(C)Cc3ccccc3)N2C1c1ccc(F)cc1. The number of allylic oxidation sites excluding steroid dienone is 1. The number of amides is 2. The summed E-state index contributed by atoms with van der Waals surface area (Å²) in [5.41, 5.74) is 3.79. The molecule has 0 aromatic heterocycles. The van der Waals surface area contributed by atoms with Crippen LogP contribution in [-0.2, 0) is 16.1 Å². The van der Waals surface area contributed by atoms with Gasteiger partial charge in [-0.1, -0.05) is 54.2 Å². The van der Waals surface area contributed by atoms with Crippen molar-refractivity contribution in [1.29, 1.82) is 0 Å². The molecule has 0 N–H and O–H groups in total. The third kappa shape index (κ3) is 5.23. The van der Waals surface area contributed by atoms with Crippen molar-refractivity contribution in [1.82, 2.24) is 14.7 Å². The summed E-state index contributed by atoms with van der Waals surface area (Å²) in [6.45, 7) is 7.38. The first kappa shape index (κ1) is 25.7. The Hall–Kier alpha value is -3.39. The topological polar surface area (TPSA) is 56.2 Å². The zero-order chi connectivity index (χ0) is 25.8. The summed E-state index contributed by atoms with van der Waals surface area (Å²) >= 11 is 1.44. The molecule has 188 valence electrons. The van der Waals surface area contributed by atoms with Gasteiger partial charge in [0.15, 0.2) is 5.17 Å². The van der Waals surface area contributed by atoms with E-state index in [4.69, 9.17) is 4.99 Å². The summed E-state index contributed by atoms with van der Waals surface area (Å²) in [6, 6.07) is 15.6. The first-order valence-corrected chi connectivity index (χ1v) is 13.0. The predicted octanol–water partition coefficient (Wildman–Crippen LogP) is 5.32. The number of hydrogen-bond donors (Lipinski definition) is 0. The van der Waals surface area contributed by atoms with Crippen LogP contribution in [-0.4, -0.2) is 51.8 Å². The van der Waals surface area contributed by atoms with E-state index in [0.717, 1.165) is 16.8 Å². The highest BCUT2D eigenvalue weighted by molar-refractivity contribution is 8.16. The molecule has 8 heteroatoms. The molecule has 0 saturated carbocycles. The van der Waals surface area contributed by atoms with Gasteiger partial charge >= 0.3 is 0 Å². The quantitative estimate of drug-likeness (QED) is 0.487. The Morgan fingerprint density at radius 2 is 1.72 bits per heavy atom. The normalized spacial score (nSPS) is 16.9. The fourth-order valence-corrected chi connectivity index (χ4v) is 5.48. The van der Waals surface area contributed by atoms with Crippen LogP contribution < -0.4 is 0 Å². The van der Waals surface area contributed by atoms with E-state index in [1.54, 1.807) is 29.0 Å². The molecule has 2 aromatic rings. The average Bonchev–Trinajstić information content (AvgIpc) is 3.26. The van der Waals surface area contributed by atoms with E-state index in [9.17, 15) is 14.0 Å². The van der Waals surface area contributed by atoms with Crippen LogP contribution in [0.3, 0.4) is 0 Å². The second-order valence-corrected chi connectivity index (χ2v) is 9.67. The smallest absolute Gasteiger partial charge is 0.254 e. The van der Waals surface area contributed by atoms with Crippen molar-refractivity contribution in [2.45, 2.75) is 39.8 Å². The maximum Gasteiger partial charge on any atom is 0.254 e. The number of nitrogens with zero attached hydrogens (tertiary/aromatic N) is 4. The monoisotopic (exact) mass is 506 g/mol. The molecule has 1 unspecified atom stereocenters. The molecule has 2 aliphatic heterocycles. The fraction of sp³-hybridized carbons (Fsp3) is 0.321. The van der Waals surface area contributed by atoms with Gasteiger partial charge in [0.1, 0.15) is 5.82 Å². The molecule has 4 rings (SSSR count). The van der Waals surface area contributed by atoms with Gasteiger partial charge in [-0.25, -0.2) is 9.38 Å². The molecule has 0 bridgehead atoms. The Morgan fingerprint density at radius 1 is 1.06 bits per heavy atom. The molecule has 2 heterocycles. The van der Waals surface area contributed by atoms with Crippen molar-refractivity contribution in [3.8, 4) is 0 Å². The number of amidine groups is 1. The van der Waals surface area contributed by atoms with Crippen molar-refractivity contribution in [2.75, 3.05) is 20.1 Å². The van der Waals surface area contributed by atoms with Gasteiger partial charge in [-0.3, -0.25) is 9.59 Å². The number of rotatable bonds is 8. The van der Waals surface area contributed by atoms with E-state index in [2.05, 4.69) is 0 Å². The number of carbonyl (C=O) groups is 2. The molecule has 0 saturated heterocycles. The van der Waals surface area contributed by atoms with Crippen LogP contribution in [0.5, 0.6) is 0 Å². The van der Waals surface area contributed by atoms with Gasteiger partial charge in [0.2, 0.25) is 5.91 Å². The molecule has 2 amide bonds. The van der Waals surface area contributed by atoms with Crippen LogP contribution in [0.15, 0.2) is 82.0 Å². The van der Waals surface area contributed by atoms with Crippen molar-refractivity contribution in [3.63, 3.8) is 0 Å². The number of fused-ring (bicyclic) bond motifs is 1. The van der Waals surface area contributed by atoms with E-state index >= 15 is 0 Å². The van der Waals surface area contributed by atoms with Gasteiger partial charge in [0.05, 0.1) is 23.7 Å². The molecule has 6 nitrogen and oxygen atoms in total. The maximum atomic E-state index is 13.8. The Kier molecular flexibility index (Phi) is 7.94. The zero-order valence-electron chi connectivity index (χ0n) is 21.1.